The van der Waals surface area contributed by atoms with E-state index in [1.54, 1.807) is 14.2 Å². The molecule has 0 aliphatic carbocycles. The van der Waals surface area contributed by atoms with Gasteiger partial charge in [0.05, 0.1) is 19.9 Å². The number of nitrogens with zero attached hydrogens (tertiary/aromatic N) is 1. The number of piperazine rings is 1. The van der Waals surface area contributed by atoms with Gasteiger partial charge < -0.3 is 24.7 Å². The summed E-state index contributed by atoms with van der Waals surface area (Å²) in [7, 11) is 3.34. The van der Waals surface area contributed by atoms with Crippen molar-refractivity contribution in [2.75, 3.05) is 38.8 Å². The quantitative estimate of drug-likeness (QED) is 0.341. The van der Waals surface area contributed by atoms with Crippen molar-refractivity contribution in [3.05, 3.63) is 66.2 Å². The molecular weight excluding hydrogens is 434 g/mol. The predicted molar refractivity (Wildman–Crippen MR) is 146 cm³/mol. The summed E-state index contributed by atoms with van der Waals surface area (Å²) in [6, 6.07) is 22.4. The molecule has 1 unspecified atom stereocenters. The van der Waals surface area contributed by atoms with Crippen molar-refractivity contribution in [3.63, 3.8) is 0 Å². The Hall–Kier alpha value is -3.44. The molecule has 0 radical (unpaired) electrons. The number of rotatable bonds is 6. The van der Waals surface area contributed by atoms with E-state index in [4.69, 9.17) is 9.47 Å². The highest BCUT2D eigenvalue weighted by Gasteiger charge is 2.19. The molecule has 1 atom stereocenters. The lowest BCUT2D eigenvalue weighted by atomic mass is 9.94. The van der Waals surface area contributed by atoms with Crippen molar-refractivity contribution in [1.82, 2.24) is 10.3 Å². The van der Waals surface area contributed by atoms with Crippen molar-refractivity contribution in [1.29, 1.82) is 0 Å². The van der Waals surface area contributed by atoms with Gasteiger partial charge in [-0.25, -0.2) is 0 Å². The van der Waals surface area contributed by atoms with Gasteiger partial charge in [0.25, 0.3) is 0 Å². The number of hydrogen-bond donors (Lipinski definition) is 2. The van der Waals surface area contributed by atoms with Crippen molar-refractivity contribution in [3.8, 4) is 33.9 Å². The van der Waals surface area contributed by atoms with Crippen LogP contribution in [0.2, 0.25) is 0 Å². The monoisotopic (exact) mass is 469 g/mol. The Balaban J connectivity index is 1.52. The van der Waals surface area contributed by atoms with E-state index in [9.17, 15) is 0 Å². The predicted octanol–water partition coefficient (Wildman–Crippen LogP) is 6.44. The number of nitrogens with one attached hydrogen (secondary N) is 2. The van der Waals surface area contributed by atoms with E-state index in [0.29, 0.717) is 12.0 Å². The van der Waals surface area contributed by atoms with E-state index in [1.165, 1.54) is 27.8 Å². The van der Waals surface area contributed by atoms with Crippen LogP contribution in [0.3, 0.4) is 0 Å². The fraction of sp³-hybridized carbons (Fsp3) is 0.333. The SMILES string of the molecule is COc1ccc(-c2[nH]c3ccc(-c4ccc(N5CCNC(C)C5)cc4)cc3c2C(C)C)cc1OC. The molecule has 2 N–H and O–H groups in total. The third-order valence-corrected chi connectivity index (χ3v) is 7.02. The zero-order valence-electron chi connectivity index (χ0n) is 21.3. The first-order valence-corrected chi connectivity index (χ1v) is 12.4. The van der Waals surface area contributed by atoms with Crippen molar-refractivity contribution in [2.24, 2.45) is 0 Å². The number of anilines is 1. The van der Waals surface area contributed by atoms with Crippen LogP contribution in [-0.4, -0.2) is 44.9 Å². The molecule has 0 amide bonds. The van der Waals surface area contributed by atoms with Crippen LogP contribution in [0.1, 0.15) is 32.3 Å². The third-order valence-electron chi connectivity index (χ3n) is 7.02. The first kappa shape index (κ1) is 23.3. The minimum Gasteiger partial charge on any atom is -0.493 e. The van der Waals surface area contributed by atoms with E-state index in [2.05, 4.69) is 84.5 Å². The molecular formula is C30H35N3O2. The van der Waals surface area contributed by atoms with E-state index in [0.717, 1.165) is 47.9 Å². The molecule has 5 nitrogen and oxygen atoms in total. The summed E-state index contributed by atoms with van der Waals surface area (Å²) < 4.78 is 11.0. The highest BCUT2D eigenvalue weighted by molar-refractivity contribution is 5.94. The summed E-state index contributed by atoms with van der Waals surface area (Å²) in [5, 5.41) is 4.78. The average Bonchev–Trinajstić information content (AvgIpc) is 3.27. The lowest BCUT2D eigenvalue weighted by Crippen LogP contribution is -2.49. The van der Waals surface area contributed by atoms with Gasteiger partial charge in [-0.1, -0.05) is 32.0 Å². The smallest absolute Gasteiger partial charge is 0.161 e. The molecule has 4 aromatic rings. The first-order chi connectivity index (χ1) is 17.0. The molecule has 1 aliphatic heterocycles. The summed E-state index contributed by atoms with van der Waals surface area (Å²) >= 11 is 0. The number of aromatic amines is 1. The first-order valence-electron chi connectivity index (χ1n) is 12.4. The minimum atomic E-state index is 0.360. The molecule has 5 rings (SSSR count). The van der Waals surface area contributed by atoms with Crippen LogP contribution >= 0.6 is 0 Å². The van der Waals surface area contributed by atoms with Crippen LogP contribution in [0.15, 0.2) is 60.7 Å². The van der Waals surface area contributed by atoms with E-state index >= 15 is 0 Å². The summed E-state index contributed by atoms with van der Waals surface area (Å²) in [5.41, 5.74) is 8.47. The molecule has 3 aromatic carbocycles. The van der Waals surface area contributed by atoms with E-state index in [-0.39, 0.29) is 0 Å². The summed E-state index contributed by atoms with van der Waals surface area (Å²) in [4.78, 5) is 6.14. The van der Waals surface area contributed by atoms with Crippen LogP contribution in [0, 0.1) is 0 Å². The third kappa shape index (κ3) is 4.48. The average molecular weight is 470 g/mol. The van der Waals surface area contributed by atoms with Crippen molar-refractivity contribution < 1.29 is 9.47 Å². The Labute approximate surface area is 208 Å². The molecule has 0 saturated carbocycles. The maximum atomic E-state index is 5.56. The highest BCUT2D eigenvalue weighted by atomic mass is 16.5. The molecule has 1 fully saturated rings. The standard InChI is InChI=1S/C30H35N3O2/c1-19(2)29-25-16-22(21-6-10-24(11-7-21)33-15-14-31-20(3)18-33)8-12-26(25)32-30(29)23-9-13-27(34-4)28(17-23)35-5/h6-13,16-17,19-20,31-32H,14-15,18H2,1-5H3. The molecule has 0 spiro atoms. The van der Waals surface area contributed by atoms with Gasteiger partial charge in [0.2, 0.25) is 0 Å². The molecule has 2 heterocycles. The van der Waals surface area contributed by atoms with Gasteiger partial charge in [-0.3, -0.25) is 0 Å². The summed E-state index contributed by atoms with van der Waals surface area (Å²) in [5.74, 6) is 1.83. The van der Waals surface area contributed by atoms with Gasteiger partial charge >= 0.3 is 0 Å². The number of H-pyrrole nitrogens is 1. The highest BCUT2D eigenvalue weighted by Crippen LogP contribution is 2.40. The van der Waals surface area contributed by atoms with Crippen molar-refractivity contribution >= 4 is 16.6 Å². The van der Waals surface area contributed by atoms with Gasteiger partial charge in [0.15, 0.2) is 11.5 Å². The summed E-state index contributed by atoms with van der Waals surface area (Å²) in [6.07, 6.45) is 0. The Morgan fingerprint density at radius 2 is 1.57 bits per heavy atom. The second-order valence-electron chi connectivity index (χ2n) is 9.75. The molecule has 5 heteroatoms. The normalized spacial score (nSPS) is 16.2. The van der Waals surface area contributed by atoms with Gasteiger partial charge in [-0.2, -0.15) is 0 Å². The number of methoxy groups -OCH3 is 2. The molecule has 0 bridgehead atoms. The van der Waals surface area contributed by atoms with Gasteiger partial charge in [-0.15, -0.1) is 0 Å². The Kier molecular flexibility index (Phi) is 6.44. The van der Waals surface area contributed by atoms with Crippen LogP contribution < -0.4 is 19.7 Å². The Morgan fingerprint density at radius 3 is 2.26 bits per heavy atom. The largest absolute Gasteiger partial charge is 0.493 e. The topological polar surface area (TPSA) is 49.5 Å². The zero-order chi connectivity index (χ0) is 24.5. The number of ether oxygens (including phenoxy) is 2. The Bertz CT molecular complexity index is 1320. The van der Waals surface area contributed by atoms with Crippen LogP contribution in [0.4, 0.5) is 5.69 Å². The van der Waals surface area contributed by atoms with Crippen LogP contribution in [-0.2, 0) is 0 Å². The molecule has 35 heavy (non-hydrogen) atoms. The Morgan fingerprint density at radius 1 is 0.857 bits per heavy atom. The van der Waals surface area contributed by atoms with Crippen molar-refractivity contribution in [2.45, 2.75) is 32.7 Å². The van der Waals surface area contributed by atoms with Crippen LogP contribution in [0.25, 0.3) is 33.3 Å². The van der Waals surface area contributed by atoms with Gasteiger partial charge in [-0.05, 0) is 72.0 Å². The zero-order valence-corrected chi connectivity index (χ0v) is 21.3. The number of fused-ring (bicyclic) bond motifs is 1. The molecule has 182 valence electrons. The fourth-order valence-corrected chi connectivity index (χ4v) is 5.24. The number of hydrogen-bond acceptors (Lipinski definition) is 4. The molecule has 1 aromatic heterocycles. The molecule has 1 aliphatic rings. The maximum absolute atomic E-state index is 5.56. The van der Waals surface area contributed by atoms with Gasteiger partial charge in [0.1, 0.15) is 0 Å². The fourth-order valence-electron chi connectivity index (χ4n) is 5.24. The molecule has 1 saturated heterocycles. The lowest BCUT2D eigenvalue weighted by molar-refractivity contribution is 0.355. The number of aromatic nitrogens is 1. The second kappa shape index (κ2) is 9.67. The van der Waals surface area contributed by atoms with Gasteiger partial charge in [0, 0.05) is 47.8 Å². The van der Waals surface area contributed by atoms with E-state index < -0.39 is 0 Å². The lowest BCUT2D eigenvalue weighted by Gasteiger charge is -2.33. The second-order valence-corrected chi connectivity index (χ2v) is 9.75. The van der Waals surface area contributed by atoms with E-state index in [1.807, 2.05) is 12.1 Å². The summed E-state index contributed by atoms with van der Waals surface area (Å²) in [6.45, 7) is 9.88. The number of benzene rings is 3. The minimum absolute atomic E-state index is 0.360. The van der Waals surface area contributed by atoms with Crippen LogP contribution in [0.5, 0.6) is 11.5 Å². The maximum Gasteiger partial charge on any atom is 0.161 e.